The molecular formula is C10H11ClN4O2. The molecule has 0 fully saturated rings. The van der Waals surface area contributed by atoms with E-state index in [-0.39, 0.29) is 16.9 Å². The molecule has 0 aromatic carbocycles. The normalized spacial score (nSPS) is 10.4. The summed E-state index contributed by atoms with van der Waals surface area (Å²) < 4.78 is 6.68. The van der Waals surface area contributed by atoms with Gasteiger partial charge >= 0.3 is 0 Å². The molecule has 0 aliphatic heterocycles. The summed E-state index contributed by atoms with van der Waals surface area (Å²) in [4.78, 5) is 15.3. The molecule has 0 saturated heterocycles. The number of carbonyl (C=O) groups excluding carboxylic acids is 1. The van der Waals surface area contributed by atoms with Gasteiger partial charge in [0, 0.05) is 13.1 Å². The van der Waals surface area contributed by atoms with Crippen LogP contribution in [-0.4, -0.2) is 27.2 Å². The van der Waals surface area contributed by atoms with Gasteiger partial charge in [-0.05, 0) is 30.2 Å². The van der Waals surface area contributed by atoms with Crippen LogP contribution >= 0.6 is 11.6 Å². The van der Waals surface area contributed by atoms with Crippen LogP contribution in [0.25, 0.3) is 0 Å². The fourth-order valence-electron chi connectivity index (χ4n) is 1.31. The van der Waals surface area contributed by atoms with Gasteiger partial charge in [-0.1, -0.05) is 0 Å². The first-order chi connectivity index (χ1) is 8.25. The van der Waals surface area contributed by atoms with Crippen molar-refractivity contribution in [1.29, 1.82) is 0 Å². The second-order valence-corrected chi connectivity index (χ2v) is 3.74. The average Bonchev–Trinajstić information content (AvgIpc) is 2.95. The quantitative estimate of drug-likeness (QED) is 0.818. The van der Waals surface area contributed by atoms with E-state index in [0.717, 1.165) is 6.42 Å². The van der Waals surface area contributed by atoms with Crippen LogP contribution in [0, 0.1) is 0 Å². The predicted molar refractivity (Wildman–Crippen MR) is 60.7 cm³/mol. The summed E-state index contributed by atoms with van der Waals surface area (Å²) >= 11 is 5.57. The van der Waals surface area contributed by atoms with Crippen LogP contribution in [0.1, 0.15) is 17.0 Å². The second-order valence-electron chi connectivity index (χ2n) is 3.37. The van der Waals surface area contributed by atoms with Crippen molar-refractivity contribution in [2.45, 2.75) is 13.0 Å². The molecule has 2 heterocycles. The number of nitrogens with zero attached hydrogens (tertiary/aromatic N) is 3. The van der Waals surface area contributed by atoms with Gasteiger partial charge in [0.2, 0.25) is 0 Å². The summed E-state index contributed by atoms with van der Waals surface area (Å²) in [6, 6.07) is 3.07. The minimum Gasteiger partial charge on any atom is -0.440 e. The number of rotatable bonds is 5. The summed E-state index contributed by atoms with van der Waals surface area (Å²) in [5.41, 5.74) is 0. The SMILES string of the molecule is O=C(NCCCn1cncn1)c1ccc(Cl)o1. The number of hydrogen-bond acceptors (Lipinski definition) is 4. The van der Waals surface area contributed by atoms with Gasteiger partial charge in [-0.2, -0.15) is 5.10 Å². The number of furan rings is 1. The van der Waals surface area contributed by atoms with Crippen LogP contribution in [0.2, 0.25) is 5.22 Å². The molecule has 0 atom stereocenters. The molecular weight excluding hydrogens is 244 g/mol. The van der Waals surface area contributed by atoms with Crippen molar-refractivity contribution in [3.05, 3.63) is 35.8 Å². The van der Waals surface area contributed by atoms with Gasteiger partial charge in [-0.25, -0.2) is 4.98 Å². The Hall–Kier alpha value is -1.82. The van der Waals surface area contributed by atoms with Crippen LogP contribution in [0.15, 0.2) is 29.2 Å². The van der Waals surface area contributed by atoms with Gasteiger partial charge in [0.25, 0.3) is 5.91 Å². The molecule has 2 aromatic rings. The van der Waals surface area contributed by atoms with Gasteiger partial charge in [0.15, 0.2) is 11.0 Å². The lowest BCUT2D eigenvalue weighted by Crippen LogP contribution is -2.24. The van der Waals surface area contributed by atoms with E-state index in [1.807, 2.05) is 0 Å². The maximum atomic E-state index is 11.5. The van der Waals surface area contributed by atoms with Crippen LogP contribution in [0.5, 0.6) is 0 Å². The van der Waals surface area contributed by atoms with Crippen molar-refractivity contribution in [2.75, 3.05) is 6.54 Å². The third kappa shape index (κ3) is 3.32. The summed E-state index contributed by atoms with van der Waals surface area (Å²) in [5, 5.41) is 6.88. The molecule has 0 unspecified atom stereocenters. The summed E-state index contributed by atoms with van der Waals surface area (Å²) in [6.45, 7) is 1.25. The van der Waals surface area contributed by atoms with E-state index in [2.05, 4.69) is 15.4 Å². The van der Waals surface area contributed by atoms with Crippen molar-refractivity contribution in [1.82, 2.24) is 20.1 Å². The van der Waals surface area contributed by atoms with Gasteiger partial charge < -0.3 is 9.73 Å². The number of hydrogen-bond donors (Lipinski definition) is 1. The lowest BCUT2D eigenvalue weighted by molar-refractivity contribution is 0.0925. The zero-order valence-electron chi connectivity index (χ0n) is 8.97. The Kier molecular flexibility index (Phi) is 3.77. The van der Waals surface area contributed by atoms with Crippen molar-refractivity contribution in [3.8, 4) is 0 Å². The molecule has 1 amide bonds. The van der Waals surface area contributed by atoms with Crippen molar-refractivity contribution < 1.29 is 9.21 Å². The Bertz CT molecular complexity index is 480. The minimum atomic E-state index is -0.268. The highest BCUT2D eigenvalue weighted by atomic mass is 35.5. The number of aryl methyl sites for hydroxylation is 1. The van der Waals surface area contributed by atoms with E-state index in [1.54, 1.807) is 11.0 Å². The summed E-state index contributed by atoms with van der Waals surface area (Å²) in [5.74, 6) is -0.0498. The van der Waals surface area contributed by atoms with E-state index in [0.29, 0.717) is 13.1 Å². The van der Waals surface area contributed by atoms with Crippen LogP contribution in [0.4, 0.5) is 0 Å². The van der Waals surface area contributed by atoms with Crippen molar-refractivity contribution in [2.24, 2.45) is 0 Å². The molecule has 0 aliphatic carbocycles. The minimum absolute atomic E-state index is 0.206. The molecule has 0 aliphatic rings. The van der Waals surface area contributed by atoms with E-state index in [9.17, 15) is 4.79 Å². The maximum absolute atomic E-state index is 11.5. The zero-order chi connectivity index (χ0) is 12.1. The third-order valence-electron chi connectivity index (χ3n) is 2.11. The van der Waals surface area contributed by atoms with Crippen molar-refractivity contribution in [3.63, 3.8) is 0 Å². The number of amides is 1. The van der Waals surface area contributed by atoms with Crippen molar-refractivity contribution >= 4 is 17.5 Å². The first kappa shape index (κ1) is 11.7. The zero-order valence-corrected chi connectivity index (χ0v) is 9.72. The lowest BCUT2D eigenvalue weighted by Gasteiger charge is -2.02. The topological polar surface area (TPSA) is 73.0 Å². The largest absolute Gasteiger partial charge is 0.440 e. The number of carbonyl (C=O) groups is 1. The molecule has 0 bridgehead atoms. The van der Waals surface area contributed by atoms with Crippen LogP contribution in [-0.2, 0) is 6.54 Å². The highest BCUT2D eigenvalue weighted by Gasteiger charge is 2.09. The Balaban J connectivity index is 1.70. The highest BCUT2D eigenvalue weighted by molar-refractivity contribution is 6.29. The molecule has 0 radical (unpaired) electrons. The fourth-order valence-corrected chi connectivity index (χ4v) is 1.46. The van der Waals surface area contributed by atoms with Gasteiger partial charge in [0.1, 0.15) is 12.7 Å². The smallest absolute Gasteiger partial charge is 0.287 e. The molecule has 90 valence electrons. The van der Waals surface area contributed by atoms with E-state index in [4.69, 9.17) is 16.0 Å². The first-order valence-corrected chi connectivity index (χ1v) is 5.49. The van der Waals surface area contributed by atoms with Crippen LogP contribution < -0.4 is 5.32 Å². The fraction of sp³-hybridized carbons (Fsp3) is 0.300. The molecule has 7 heteroatoms. The third-order valence-corrected chi connectivity index (χ3v) is 2.32. The van der Waals surface area contributed by atoms with E-state index < -0.39 is 0 Å². The molecule has 2 aromatic heterocycles. The molecule has 0 spiro atoms. The highest BCUT2D eigenvalue weighted by Crippen LogP contribution is 2.12. The number of nitrogens with one attached hydrogen (secondary N) is 1. The molecule has 6 nitrogen and oxygen atoms in total. The van der Waals surface area contributed by atoms with Gasteiger partial charge in [-0.3, -0.25) is 9.48 Å². The predicted octanol–water partition coefficient (Wildman–Crippen LogP) is 1.34. The maximum Gasteiger partial charge on any atom is 0.287 e. The summed E-state index contributed by atoms with van der Waals surface area (Å²) in [6.07, 6.45) is 3.88. The monoisotopic (exact) mass is 254 g/mol. The Morgan fingerprint density at radius 1 is 1.53 bits per heavy atom. The summed E-state index contributed by atoms with van der Waals surface area (Å²) in [7, 11) is 0. The Morgan fingerprint density at radius 3 is 3.06 bits per heavy atom. The molecule has 1 N–H and O–H groups in total. The molecule has 0 saturated carbocycles. The molecule has 17 heavy (non-hydrogen) atoms. The Morgan fingerprint density at radius 2 is 2.41 bits per heavy atom. The lowest BCUT2D eigenvalue weighted by atomic mass is 10.4. The van der Waals surface area contributed by atoms with E-state index in [1.165, 1.54) is 18.5 Å². The van der Waals surface area contributed by atoms with E-state index >= 15 is 0 Å². The standard InChI is InChI=1S/C10H11ClN4O2/c11-9-3-2-8(17-9)10(16)13-4-1-5-15-7-12-6-14-15/h2-3,6-7H,1,4-5H2,(H,13,16). The second kappa shape index (κ2) is 5.49. The number of halogens is 1. The van der Waals surface area contributed by atoms with Gasteiger partial charge in [-0.15, -0.1) is 0 Å². The van der Waals surface area contributed by atoms with Crippen LogP contribution in [0.3, 0.4) is 0 Å². The number of aromatic nitrogens is 3. The average molecular weight is 255 g/mol. The van der Waals surface area contributed by atoms with Gasteiger partial charge in [0.05, 0.1) is 0 Å². The first-order valence-electron chi connectivity index (χ1n) is 5.11. The molecule has 2 rings (SSSR count). The Labute approximate surface area is 103 Å².